The molecule has 0 aliphatic heterocycles. The molecular formula is C13H21NO. The smallest absolute Gasteiger partial charge is 0.119 e. The predicted octanol–water partition coefficient (Wildman–Crippen LogP) is 3.69. The second-order valence-corrected chi connectivity index (χ2v) is 3.65. The van der Waals surface area contributed by atoms with Crippen LogP contribution in [0.2, 0.25) is 0 Å². The van der Waals surface area contributed by atoms with E-state index >= 15 is 0 Å². The van der Waals surface area contributed by atoms with Crippen molar-refractivity contribution < 1.29 is 4.74 Å². The molecule has 1 aromatic carbocycles. The normalized spacial score (nSPS) is 10.0. The lowest BCUT2D eigenvalue weighted by atomic mass is 10.3. The first-order valence-electron chi connectivity index (χ1n) is 5.83. The maximum Gasteiger partial charge on any atom is 0.119 e. The second-order valence-electron chi connectivity index (χ2n) is 3.65. The van der Waals surface area contributed by atoms with Crippen LogP contribution in [0.3, 0.4) is 0 Å². The number of unbranched alkanes of at least 4 members (excludes halogenated alkanes) is 1. The van der Waals surface area contributed by atoms with Crippen molar-refractivity contribution in [1.82, 2.24) is 0 Å². The van der Waals surface area contributed by atoms with Crippen LogP contribution in [0, 0.1) is 0 Å². The van der Waals surface area contributed by atoms with Crippen LogP contribution in [0.5, 0.6) is 5.75 Å². The molecule has 1 rings (SSSR count). The van der Waals surface area contributed by atoms with E-state index in [1.54, 1.807) is 0 Å². The van der Waals surface area contributed by atoms with E-state index in [1.807, 2.05) is 12.1 Å². The lowest BCUT2D eigenvalue weighted by Crippen LogP contribution is -2.00. The number of rotatable bonds is 7. The molecule has 0 aliphatic carbocycles. The Bertz CT molecular complexity index is 256. The molecule has 0 saturated carbocycles. The van der Waals surface area contributed by atoms with Crippen LogP contribution < -0.4 is 10.1 Å². The van der Waals surface area contributed by atoms with Gasteiger partial charge in [0, 0.05) is 12.2 Å². The van der Waals surface area contributed by atoms with Gasteiger partial charge in [-0.1, -0.05) is 20.3 Å². The maximum atomic E-state index is 5.58. The average Bonchev–Trinajstić information content (AvgIpc) is 2.28. The Kier molecular flexibility index (Phi) is 5.67. The minimum Gasteiger partial charge on any atom is -0.494 e. The fourth-order valence-electron chi connectivity index (χ4n) is 1.27. The Morgan fingerprint density at radius 3 is 2.40 bits per heavy atom. The number of hydrogen-bond acceptors (Lipinski definition) is 2. The first kappa shape index (κ1) is 11.9. The summed E-state index contributed by atoms with van der Waals surface area (Å²) in [4.78, 5) is 0. The highest BCUT2D eigenvalue weighted by molar-refractivity contribution is 5.46. The number of nitrogens with one attached hydrogen (secondary N) is 1. The molecule has 0 heterocycles. The van der Waals surface area contributed by atoms with Crippen molar-refractivity contribution in [3.8, 4) is 5.75 Å². The third kappa shape index (κ3) is 4.73. The van der Waals surface area contributed by atoms with Crippen LogP contribution in [0.25, 0.3) is 0 Å². The first-order chi connectivity index (χ1) is 7.36. The maximum absolute atomic E-state index is 5.58. The molecular weight excluding hydrogens is 186 g/mol. The minimum atomic E-state index is 0.818. The summed E-state index contributed by atoms with van der Waals surface area (Å²) >= 11 is 0. The number of anilines is 1. The molecule has 0 saturated heterocycles. The van der Waals surface area contributed by atoms with E-state index in [0.29, 0.717) is 0 Å². The topological polar surface area (TPSA) is 21.3 Å². The predicted molar refractivity (Wildman–Crippen MR) is 65.6 cm³/mol. The van der Waals surface area contributed by atoms with Crippen molar-refractivity contribution in [3.05, 3.63) is 24.3 Å². The largest absolute Gasteiger partial charge is 0.494 e. The van der Waals surface area contributed by atoms with Crippen LogP contribution in [-0.2, 0) is 0 Å². The summed E-state index contributed by atoms with van der Waals surface area (Å²) in [6, 6.07) is 8.18. The second kappa shape index (κ2) is 7.16. The number of hydrogen-bond donors (Lipinski definition) is 1. The summed E-state index contributed by atoms with van der Waals surface area (Å²) in [6.07, 6.45) is 3.45. The van der Waals surface area contributed by atoms with Gasteiger partial charge in [-0.3, -0.25) is 0 Å². The lowest BCUT2D eigenvalue weighted by molar-refractivity contribution is 0.309. The Balaban J connectivity index is 2.35. The molecule has 1 aromatic rings. The van der Waals surface area contributed by atoms with Crippen molar-refractivity contribution in [2.75, 3.05) is 18.5 Å². The zero-order chi connectivity index (χ0) is 10.9. The summed E-state index contributed by atoms with van der Waals surface area (Å²) in [6.45, 7) is 6.17. The quantitative estimate of drug-likeness (QED) is 0.688. The first-order valence-corrected chi connectivity index (χ1v) is 5.83. The number of benzene rings is 1. The molecule has 15 heavy (non-hydrogen) atoms. The standard InChI is InChI=1S/C13H21NO/c1-3-5-11-15-13-8-6-12(7-9-13)14-10-4-2/h6-9,14H,3-5,10-11H2,1-2H3. The van der Waals surface area contributed by atoms with Gasteiger partial charge < -0.3 is 10.1 Å². The van der Waals surface area contributed by atoms with E-state index in [1.165, 1.54) is 12.1 Å². The lowest BCUT2D eigenvalue weighted by Gasteiger charge is -2.07. The highest BCUT2D eigenvalue weighted by Crippen LogP contribution is 2.15. The minimum absolute atomic E-state index is 0.818. The Hall–Kier alpha value is -1.18. The van der Waals surface area contributed by atoms with Crippen LogP contribution in [0.1, 0.15) is 33.1 Å². The highest BCUT2D eigenvalue weighted by Gasteiger charge is 1.94. The third-order valence-corrected chi connectivity index (χ3v) is 2.20. The summed E-state index contributed by atoms with van der Waals surface area (Å²) in [5.41, 5.74) is 1.17. The van der Waals surface area contributed by atoms with Crippen LogP contribution >= 0.6 is 0 Å². The molecule has 0 bridgehead atoms. The summed E-state index contributed by atoms with van der Waals surface area (Å²) in [5, 5.41) is 3.33. The zero-order valence-electron chi connectivity index (χ0n) is 9.75. The van der Waals surface area contributed by atoms with Crippen LogP contribution in [0.15, 0.2) is 24.3 Å². The van der Waals surface area contributed by atoms with E-state index < -0.39 is 0 Å². The molecule has 0 aromatic heterocycles. The van der Waals surface area contributed by atoms with Crippen LogP contribution in [-0.4, -0.2) is 13.2 Å². The zero-order valence-corrected chi connectivity index (χ0v) is 9.75. The molecule has 1 N–H and O–H groups in total. The molecule has 0 amide bonds. The van der Waals surface area contributed by atoms with E-state index in [2.05, 4.69) is 31.3 Å². The fourth-order valence-corrected chi connectivity index (χ4v) is 1.27. The molecule has 0 radical (unpaired) electrons. The van der Waals surface area contributed by atoms with Gasteiger partial charge in [0.05, 0.1) is 6.61 Å². The van der Waals surface area contributed by atoms with Gasteiger partial charge in [0.15, 0.2) is 0 Å². The van der Waals surface area contributed by atoms with Gasteiger partial charge in [0.25, 0.3) is 0 Å². The van der Waals surface area contributed by atoms with Gasteiger partial charge in [0.2, 0.25) is 0 Å². The summed E-state index contributed by atoms with van der Waals surface area (Å²) in [7, 11) is 0. The van der Waals surface area contributed by atoms with E-state index in [-0.39, 0.29) is 0 Å². The molecule has 2 nitrogen and oxygen atoms in total. The third-order valence-electron chi connectivity index (χ3n) is 2.20. The summed E-state index contributed by atoms with van der Waals surface area (Å²) in [5.74, 6) is 0.963. The molecule has 0 atom stereocenters. The molecule has 2 heteroatoms. The van der Waals surface area contributed by atoms with Crippen molar-refractivity contribution in [2.45, 2.75) is 33.1 Å². The van der Waals surface area contributed by atoms with Gasteiger partial charge in [-0.25, -0.2) is 0 Å². The van der Waals surface area contributed by atoms with E-state index in [9.17, 15) is 0 Å². The molecule has 0 fully saturated rings. The molecule has 0 unspecified atom stereocenters. The Morgan fingerprint density at radius 1 is 1.07 bits per heavy atom. The SMILES string of the molecule is CCCCOc1ccc(NCCC)cc1. The van der Waals surface area contributed by atoms with Gasteiger partial charge in [-0.2, -0.15) is 0 Å². The van der Waals surface area contributed by atoms with Crippen molar-refractivity contribution in [3.63, 3.8) is 0 Å². The average molecular weight is 207 g/mol. The van der Waals surface area contributed by atoms with Crippen molar-refractivity contribution in [2.24, 2.45) is 0 Å². The van der Waals surface area contributed by atoms with Gasteiger partial charge in [-0.05, 0) is 37.1 Å². The van der Waals surface area contributed by atoms with E-state index in [0.717, 1.165) is 31.7 Å². The molecule has 0 aliphatic rings. The van der Waals surface area contributed by atoms with Crippen molar-refractivity contribution in [1.29, 1.82) is 0 Å². The number of ether oxygens (including phenoxy) is 1. The van der Waals surface area contributed by atoms with E-state index in [4.69, 9.17) is 4.74 Å². The van der Waals surface area contributed by atoms with Gasteiger partial charge in [-0.15, -0.1) is 0 Å². The van der Waals surface area contributed by atoms with Crippen LogP contribution in [0.4, 0.5) is 5.69 Å². The van der Waals surface area contributed by atoms with Gasteiger partial charge in [0.1, 0.15) is 5.75 Å². The molecule has 0 spiro atoms. The Morgan fingerprint density at radius 2 is 1.80 bits per heavy atom. The molecule has 84 valence electrons. The van der Waals surface area contributed by atoms with Crippen molar-refractivity contribution >= 4 is 5.69 Å². The fraction of sp³-hybridized carbons (Fsp3) is 0.538. The van der Waals surface area contributed by atoms with Gasteiger partial charge >= 0.3 is 0 Å². The highest BCUT2D eigenvalue weighted by atomic mass is 16.5. The monoisotopic (exact) mass is 207 g/mol. The Labute approximate surface area is 92.6 Å². The summed E-state index contributed by atoms with van der Waals surface area (Å²) < 4.78 is 5.58.